The lowest BCUT2D eigenvalue weighted by atomic mass is 10.0. The van der Waals surface area contributed by atoms with Crippen LogP contribution < -0.4 is 29.0 Å². The Morgan fingerprint density at radius 3 is 2.33 bits per heavy atom. The Bertz CT molecular complexity index is 1930. The van der Waals surface area contributed by atoms with E-state index in [0.29, 0.717) is 39.9 Å². The van der Waals surface area contributed by atoms with Crippen molar-refractivity contribution in [3.05, 3.63) is 107 Å². The first-order chi connectivity index (χ1) is 23.9. The van der Waals surface area contributed by atoms with Crippen molar-refractivity contribution in [1.82, 2.24) is 30.4 Å². The maximum atomic E-state index is 14.5. The fourth-order valence-electron chi connectivity index (χ4n) is 5.45. The normalized spacial score (nSPS) is 12.2. The smallest absolute Gasteiger partial charge is 0.247 e. The first-order valence-corrected chi connectivity index (χ1v) is 15.2. The van der Waals surface area contributed by atoms with Crippen molar-refractivity contribution >= 4 is 11.8 Å². The van der Waals surface area contributed by atoms with Crippen LogP contribution in [0, 0.1) is 5.82 Å². The SMILES string of the molecule is COc1cc([C@H](C(=O)NCc2ccccc2)N(Cc2ccc3c(c2)OCO3)C(=O)Cn2nnc(-c3ccccc3F)n2)cc(OC)c1OC. The van der Waals surface area contributed by atoms with Crippen molar-refractivity contribution in [2.45, 2.75) is 25.7 Å². The quantitative estimate of drug-likeness (QED) is 0.193. The predicted octanol–water partition coefficient (Wildman–Crippen LogP) is 4.32. The zero-order chi connectivity index (χ0) is 34.3. The minimum atomic E-state index is -1.22. The Morgan fingerprint density at radius 1 is 0.898 bits per heavy atom. The summed E-state index contributed by atoms with van der Waals surface area (Å²) in [5.41, 5.74) is 2.03. The minimum Gasteiger partial charge on any atom is -0.493 e. The number of benzene rings is 4. The molecule has 0 radical (unpaired) electrons. The molecular weight excluding hydrogens is 635 g/mol. The van der Waals surface area contributed by atoms with Crippen molar-refractivity contribution in [3.63, 3.8) is 0 Å². The van der Waals surface area contributed by atoms with E-state index in [9.17, 15) is 14.0 Å². The van der Waals surface area contributed by atoms with E-state index in [-0.39, 0.29) is 31.3 Å². The summed E-state index contributed by atoms with van der Waals surface area (Å²) in [5.74, 6) is 0.436. The molecule has 4 aromatic carbocycles. The molecule has 0 fully saturated rings. The topological polar surface area (TPSA) is 139 Å². The Hall–Kier alpha value is -6.18. The van der Waals surface area contributed by atoms with E-state index in [0.717, 1.165) is 10.4 Å². The van der Waals surface area contributed by atoms with Crippen LogP contribution >= 0.6 is 0 Å². The summed E-state index contributed by atoms with van der Waals surface area (Å²) >= 11 is 0. The van der Waals surface area contributed by atoms with Gasteiger partial charge in [0.2, 0.25) is 30.2 Å². The van der Waals surface area contributed by atoms with Gasteiger partial charge in [0.25, 0.3) is 0 Å². The molecule has 6 rings (SSSR count). The van der Waals surface area contributed by atoms with E-state index < -0.39 is 30.2 Å². The summed E-state index contributed by atoms with van der Waals surface area (Å²) in [6.07, 6.45) is 0. The van der Waals surface area contributed by atoms with Crippen LogP contribution in [0.3, 0.4) is 0 Å². The molecule has 1 aromatic heterocycles. The van der Waals surface area contributed by atoms with E-state index >= 15 is 0 Å². The molecular formula is C35H33FN6O7. The monoisotopic (exact) mass is 668 g/mol. The number of carbonyl (C=O) groups excluding carboxylic acids is 2. The molecule has 0 saturated carbocycles. The first-order valence-electron chi connectivity index (χ1n) is 15.2. The highest BCUT2D eigenvalue weighted by molar-refractivity contribution is 5.89. The fraction of sp³-hybridized carbons (Fsp3) is 0.229. The minimum absolute atomic E-state index is 0.00926. The van der Waals surface area contributed by atoms with Gasteiger partial charge in [-0.1, -0.05) is 48.5 Å². The van der Waals surface area contributed by atoms with Gasteiger partial charge in [0.1, 0.15) is 18.4 Å². The summed E-state index contributed by atoms with van der Waals surface area (Å²) in [7, 11) is 4.40. The van der Waals surface area contributed by atoms with Crippen LogP contribution in [0.1, 0.15) is 22.7 Å². The molecule has 5 aromatic rings. The van der Waals surface area contributed by atoms with Gasteiger partial charge in [-0.2, -0.15) is 4.80 Å². The highest BCUT2D eigenvalue weighted by Gasteiger charge is 2.34. The number of hydrogen-bond acceptors (Lipinski definition) is 10. The third-order valence-electron chi connectivity index (χ3n) is 7.83. The third kappa shape index (κ3) is 7.22. The van der Waals surface area contributed by atoms with Crippen molar-refractivity contribution in [2.75, 3.05) is 28.1 Å². The van der Waals surface area contributed by atoms with Crippen LogP contribution in [-0.2, 0) is 29.2 Å². The summed E-state index contributed by atoms with van der Waals surface area (Å²) in [6, 6.07) is 22.7. The number of carbonyl (C=O) groups is 2. The number of tetrazole rings is 1. The Labute approximate surface area is 281 Å². The van der Waals surface area contributed by atoms with Crippen LogP contribution in [0.25, 0.3) is 11.4 Å². The second-order valence-electron chi connectivity index (χ2n) is 10.9. The van der Waals surface area contributed by atoms with E-state index in [1.807, 2.05) is 30.3 Å². The maximum absolute atomic E-state index is 14.5. The number of rotatable bonds is 13. The lowest BCUT2D eigenvalue weighted by Gasteiger charge is -2.32. The van der Waals surface area contributed by atoms with E-state index in [2.05, 4.69) is 20.7 Å². The van der Waals surface area contributed by atoms with Crippen molar-refractivity contribution in [2.24, 2.45) is 0 Å². The van der Waals surface area contributed by atoms with Crippen molar-refractivity contribution in [1.29, 1.82) is 0 Å². The number of fused-ring (bicyclic) bond motifs is 1. The van der Waals surface area contributed by atoms with Gasteiger partial charge in [-0.05, 0) is 58.3 Å². The summed E-state index contributed by atoms with van der Waals surface area (Å²) < 4.78 is 42.3. The van der Waals surface area contributed by atoms with Gasteiger partial charge in [0, 0.05) is 13.1 Å². The summed E-state index contributed by atoms with van der Waals surface area (Å²) in [4.78, 5) is 31.2. The zero-order valence-corrected chi connectivity index (χ0v) is 27.0. The van der Waals surface area contributed by atoms with Gasteiger partial charge in [-0.3, -0.25) is 9.59 Å². The van der Waals surface area contributed by atoms with Gasteiger partial charge >= 0.3 is 0 Å². The number of aromatic nitrogens is 4. The fourth-order valence-corrected chi connectivity index (χ4v) is 5.45. The average molecular weight is 669 g/mol. The van der Waals surface area contributed by atoms with Crippen molar-refractivity contribution < 1.29 is 37.7 Å². The van der Waals surface area contributed by atoms with E-state index in [1.165, 1.54) is 38.4 Å². The number of ether oxygens (including phenoxy) is 5. The highest BCUT2D eigenvalue weighted by atomic mass is 19.1. The molecule has 49 heavy (non-hydrogen) atoms. The Morgan fingerprint density at radius 2 is 1.61 bits per heavy atom. The molecule has 2 amide bonds. The maximum Gasteiger partial charge on any atom is 0.247 e. The molecule has 14 heteroatoms. The molecule has 1 N–H and O–H groups in total. The van der Waals surface area contributed by atoms with Gasteiger partial charge in [0.05, 0.1) is 26.9 Å². The molecule has 0 saturated heterocycles. The van der Waals surface area contributed by atoms with Gasteiger partial charge in [-0.15, -0.1) is 10.2 Å². The van der Waals surface area contributed by atoms with Crippen molar-refractivity contribution in [3.8, 4) is 40.1 Å². The average Bonchev–Trinajstić information content (AvgIpc) is 3.80. The molecule has 0 unspecified atom stereocenters. The second kappa shape index (κ2) is 14.7. The van der Waals surface area contributed by atoms with Gasteiger partial charge < -0.3 is 33.9 Å². The molecule has 2 heterocycles. The molecule has 252 valence electrons. The van der Waals surface area contributed by atoms with E-state index in [1.54, 1.807) is 42.5 Å². The molecule has 0 spiro atoms. The van der Waals surface area contributed by atoms with Crippen LogP contribution in [0.5, 0.6) is 28.7 Å². The molecule has 1 aliphatic heterocycles. The summed E-state index contributed by atoms with van der Waals surface area (Å²) in [5, 5.41) is 15.2. The highest BCUT2D eigenvalue weighted by Crippen LogP contribution is 2.41. The molecule has 1 atom stereocenters. The van der Waals surface area contributed by atoms with E-state index in [4.69, 9.17) is 23.7 Å². The first kappa shape index (κ1) is 32.7. The second-order valence-corrected chi connectivity index (χ2v) is 10.9. The number of halogens is 1. The number of methoxy groups -OCH3 is 3. The van der Waals surface area contributed by atoms with Gasteiger partial charge in [0.15, 0.2) is 23.0 Å². The number of hydrogen-bond donors (Lipinski definition) is 1. The number of nitrogens with one attached hydrogen (secondary N) is 1. The molecule has 1 aliphatic rings. The van der Waals surface area contributed by atoms with Crippen LogP contribution in [0.15, 0.2) is 84.9 Å². The lowest BCUT2D eigenvalue weighted by molar-refractivity contribution is -0.142. The summed E-state index contributed by atoms with van der Waals surface area (Å²) in [6.45, 7) is -0.188. The van der Waals surface area contributed by atoms with Crippen LogP contribution in [0.4, 0.5) is 4.39 Å². The van der Waals surface area contributed by atoms with Crippen LogP contribution in [-0.4, -0.2) is 65.0 Å². The Kier molecular flexibility index (Phi) is 9.83. The Balaban J connectivity index is 1.41. The third-order valence-corrected chi connectivity index (χ3v) is 7.83. The molecule has 0 aliphatic carbocycles. The molecule has 0 bridgehead atoms. The molecule has 13 nitrogen and oxygen atoms in total. The number of nitrogens with zero attached hydrogens (tertiary/aromatic N) is 5. The number of amides is 2. The van der Waals surface area contributed by atoms with Crippen LogP contribution in [0.2, 0.25) is 0 Å². The predicted molar refractivity (Wildman–Crippen MR) is 173 cm³/mol. The largest absolute Gasteiger partial charge is 0.493 e. The lowest BCUT2D eigenvalue weighted by Crippen LogP contribution is -2.44. The zero-order valence-electron chi connectivity index (χ0n) is 27.0. The van der Waals surface area contributed by atoms with Gasteiger partial charge in [-0.25, -0.2) is 4.39 Å². The standard InChI is InChI=1S/C35H33FN6O7/c1-45-29-16-24(17-30(46-2)33(29)47-3)32(35(44)37-18-22-9-5-4-6-10-22)41(19-23-13-14-27-28(15-23)49-21-48-27)31(43)20-42-39-34(38-40-42)25-11-7-8-12-26(25)36/h4-17,32H,18-21H2,1-3H3,(H,37,44)/t32-/m1/s1.